The summed E-state index contributed by atoms with van der Waals surface area (Å²) in [6.45, 7) is 0. The van der Waals surface area contributed by atoms with Crippen LogP contribution in [0.2, 0.25) is 5.02 Å². The molecular weight excluding hydrogens is 272 g/mol. The van der Waals surface area contributed by atoms with Crippen LogP contribution in [0, 0.1) is 0 Å². The molecular formula is C12H13ClN2O2S. The Hall–Kier alpha value is -1.07. The highest BCUT2D eigenvalue weighted by Crippen LogP contribution is 2.29. The molecule has 1 aliphatic heterocycles. The molecule has 3 rings (SSSR count). The Morgan fingerprint density at radius 3 is 2.78 bits per heavy atom. The lowest BCUT2D eigenvalue weighted by Crippen LogP contribution is -2.23. The zero-order valence-electron chi connectivity index (χ0n) is 9.71. The van der Waals surface area contributed by atoms with E-state index in [4.69, 9.17) is 11.6 Å². The summed E-state index contributed by atoms with van der Waals surface area (Å²) >= 11 is 5.93. The SMILES string of the molecule is O=S1(=O)CCC(c2ncc3cc(Cl)ccn23)CC1. The number of imidazole rings is 1. The van der Waals surface area contributed by atoms with Gasteiger partial charge in [-0.2, -0.15) is 0 Å². The molecule has 1 aliphatic rings. The minimum Gasteiger partial charge on any atom is -0.303 e. The van der Waals surface area contributed by atoms with Gasteiger partial charge in [0.15, 0.2) is 0 Å². The fourth-order valence-electron chi connectivity index (χ4n) is 2.44. The number of sulfone groups is 1. The maximum Gasteiger partial charge on any atom is 0.150 e. The molecule has 96 valence electrons. The fraction of sp³-hybridized carbons (Fsp3) is 0.417. The topological polar surface area (TPSA) is 51.4 Å². The molecule has 0 atom stereocenters. The van der Waals surface area contributed by atoms with E-state index >= 15 is 0 Å². The van der Waals surface area contributed by atoms with Gasteiger partial charge < -0.3 is 4.40 Å². The van der Waals surface area contributed by atoms with Crippen molar-refractivity contribution in [1.29, 1.82) is 0 Å². The third-order valence-electron chi connectivity index (χ3n) is 3.44. The van der Waals surface area contributed by atoms with E-state index < -0.39 is 9.84 Å². The summed E-state index contributed by atoms with van der Waals surface area (Å²) in [5.74, 6) is 1.69. The quantitative estimate of drug-likeness (QED) is 0.807. The van der Waals surface area contributed by atoms with Crippen molar-refractivity contribution in [1.82, 2.24) is 9.38 Å². The van der Waals surface area contributed by atoms with E-state index in [0.29, 0.717) is 17.9 Å². The largest absolute Gasteiger partial charge is 0.303 e. The molecule has 0 N–H and O–H groups in total. The second-order valence-electron chi connectivity index (χ2n) is 4.68. The molecule has 4 nitrogen and oxygen atoms in total. The molecule has 0 aromatic carbocycles. The Morgan fingerprint density at radius 2 is 2.06 bits per heavy atom. The number of hydrogen-bond acceptors (Lipinski definition) is 3. The van der Waals surface area contributed by atoms with Gasteiger partial charge in [-0.25, -0.2) is 13.4 Å². The minimum atomic E-state index is -2.82. The first-order valence-corrected chi connectivity index (χ1v) is 8.08. The average molecular weight is 285 g/mol. The van der Waals surface area contributed by atoms with Gasteiger partial charge in [0.05, 0.1) is 23.2 Å². The van der Waals surface area contributed by atoms with Crippen molar-refractivity contribution >= 4 is 27.0 Å². The molecule has 0 unspecified atom stereocenters. The first-order chi connectivity index (χ1) is 8.55. The van der Waals surface area contributed by atoms with Crippen LogP contribution in [-0.4, -0.2) is 29.3 Å². The average Bonchev–Trinajstić information content (AvgIpc) is 2.72. The summed E-state index contributed by atoms with van der Waals surface area (Å²) in [5.41, 5.74) is 0.950. The zero-order valence-corrected chi connectivity index (χ0v) is 11.3. The smallest absolute Gasteiger partial charge is 0.150 e. The summed E-state index contributed by atoms with van der Waals surface area (Å²) in [4.78, 5) is 4.42. The third kappa shape index (κ3) is 2.12. The Labute approximate surface area is 111 Å². The number of fused-ring (bicyclic) bond motifs is 1. The number of hydrogen-bond donors (Lipinski definition) is 0. The Morgan fingerprint density at radius 1 is 1.33 bits per heavy atom. The standard InChI is InChI=1S/C12H13ClN2O2S/c13-10-1-4-15-11(7-10)8-14-12(15)9-2-5-18(16,17)6-3-9/h1,4,7-9H,2-3,5-6H2. The van der Waals surface area contributed by atoms with Crippen LogP contribution in [-0.2, 0) is 9.84 Å². The first kappa shape index (κ1) is 12.0. The molecule has 0 bridgehead atoms. The van der Waals surface area contributed by atoms with E-state index in [1.165, 1.54) is 0 Å². The number of nitrogens with zero attached hydrogens (tertiary/aromatic N) is 2. The molecule has 6 heteroatoms. The number of halogens is 1. The van der Waals surface area contributed by atoms with Crippen molar-refractivity contribution < 1.29 is 8.42 Å². The summed E-state index contributed by atoms with van der Waals surface area (Å²) in [6.07, 6.45) is 4.99. The van der Waals surface area contributed by atoms with Gasteiger partial charge in [-0.3, -0.25) is 0 Å². The first-order valence-electron chi connectivity index (χ1n) is 5.88. The molecule has 1 fully saturated rings. The summed E-state index contributed by atoms with van der Waals surface area (Å²) < 4.78 is 24.9. The van der Waals surface area contributed by atoms with Crippen LogP contribution in [0.1, 0.15) is 24.6 Å². The Kier molecular flexibility index (Phi) is 2.83. The normalized spacial score (nSPS) is 20.3. The van der Waals surface area contributed by atoms with Gasteiger partial charge in [0.2, 0.25) is 0 Å². The van der Waals surface area contributed by atoms with Crippen molar-refractivity contribution in [3.8, 4) is 0 Å². The van der Waals surface area contributed by atoms with Gasteiger partial charge >= 0.3 is 0 Å². The molecule has 1 saturated heterocycles. The second kappa shape index (κ2) is 4.24. The van der Waals surface area contributed by atoms with Crippen LogP contribution in [0.25, 0.3) is 5.52 Å². The fourth-order valence-corrected chi connectivity index (χ4v) is 4.10. The van der Waals surface area contributed by atoms with E-state index in [1.54, 1.807) is 6.20 Å². The van der Waals surface area contributed by atoms with E-state index in [9.17, 15) is 8.42 Å². The van der Waals surface area contributed by atoms with Gasteiger partial charge in [-0.15, -0.1) is 0 Å². The molecule has 0 spiro atoms. The molecule has 0 aliphatic carbocycles. The molecule has 18 heavy (non-hydrogen) atoms. The maximum absolute atomic E-state index is 11.4. The van der Waals surface area contributed by atoms with Crippen molar-refractivity contribution in [3.63, 3.8) is 0 Å². The minimum absolute atomic E-state index is 0.220. The Balaban J connectivity index is 1.96. The van der Waals surface area contributed by atoms with E-state index in [-0.39, 0.29) is 17.4 Å². The van der Waals surface area contributed by atoms with E-state index in [2.05, 4.69) is 4.98 Å². The molecule has 0 amide bonds. The van der Waals surface area contributed by atoms with Crippen LogP contribution in [0.5, 0.6) is 0 Å². The molecule has 2 aromatic heterocycles. The van der Waals surface area contributed by atoms with Gasteiger partial charge in [0, 0.05) is 17.1 Å². The van der Waals surface area contributed by atoms with Crippen molar-refractivity contribution in [3.05, 3.63) is 35.4 Å². The third-order valence-corrected chi connectivity index (χ3v) is 5.39. The highest BCUT2D eigenvalue weighted by Gasteiger charge is 2.27. The summed E-state index contributed by atoms with van der Waals surface area (Å²) in [6, 6.07) is 3.68. The van der Waals surface area contributed by atoms with Crippen molar-refractivity contribution in [2.75, 3.05) is 11.5 Å². The number of aromatic nitrogens is 2. The number of pyridine rings is 1. The van der Waals surface area contributed by atoms with Crippen molar-refractivity contribution in [2.45, 2.75) is 18.8 Å². The zero-order chi connectivity index (χ0) is 12.8. The second-order valence-corrected chi connectivity index (χ2v) is 7.42. The summed E-state index contributed by atoms with van der Waals surface area (Å²) in [7, 11) is -2.82. The highest BCUT2D eigenvalue weighted by molar-refractivity contribution is 7.91. The van der Waals surface area contributed by atoms with E-state index in [1.807, 2.05) is 22.7 Å². The maximum atomic E-state index is 11.4. The molecule has 0 saturated carbocycles. The van der Waals surface area contributed by atoms with E-state index in [0.717, 1.165) is 11.3 Å². The lowest BCUT2D eigenvalue weighted by molar-refractivity contribution is 0.536. The van der Waals surface area contributed by atoms with Gasteiger partial charge in [0.25, 0.3) is 0 Å². The van der Waals surface area contributed by atoms with Crippen molar-refractivity contribution in [2.24, 2.45) is 0 Å². The lowest BCUT2D eigenvalue weighted by Gasteiger charge is -2.20. The predicted octanol–water partition coefficient (Wildman–Crippen LogP) is 2.28. The highest BCUT2D eigenvalue weighted by atomic mass is 35.5. The van der Waals surface area contributed by atoms with Crippen LogP contribution in [0.15, 0.2) is 24.5 Å². The lowest BCUT2D eigenvalue weighted by atomic mass is 10.0. The molecule has 2 aromatic rings. The molecule has 0 radical (unpaired) electrons. The molecule has 3 heterocycles. The predicted molar refractivity (Wildman–Crippen MR) is 70.8 cm³/mol. The Bertz CT molecular complexity index is 679. The van der Waals surface area contributed by atoms with Gasteiger partial charge in [-0.1, -0.05) is 11.6 Å². The van der Waals surface area contributed by atoms with Gasteiger partial charge in [-0.05, 0) is 25.0 Å². The number of rotatable bonds is 1. The summed E-state index contributed by atoms with van der Waals surface area (Å²) in [5, 5.41) is 0.681. The van der Waals surface area contributed by atoms with Crippen LogP contribution in [0.4, 0.5) is 0 Å². The van der Waals surface area contributed by atoms with Crippen LogP contribution >= 0.6 is 11.6 Å². The van der Waals surface area contributed by atoms with Crippen LogP contribution < -0.4 is 0 Å². The van der Waals surface area contributed by atoms with Crippen LogP contribution in [0.3, 0.4) is 0 Å². The monoisotopic (exact) mass is 284 g/mol. The van der Waals surface area contributed by atoms with Gasteiger partial charge in [0.1, 0.15) is 15.7 Å².